The zero-order valence-electron chi connectivity index (χ0n) is 10.4. The van der Waals surface area contributed by atoms with E-state index < -0.39 is 24.5 Å². The molecule has 0 saturated carbocycles. The van der Waals surface area contributed by atoms with Crippen molar-refractivity contribution in [1.29, 1.82) is 0 Å². The lowest BCUT2D eigenvalue weighted by Gasteiger charge is -2.20. The van der Waals surface area contributed by atoms with Crippen molar-refractivity contribution in [2.75, 3.05) is 0 Å². The zero-order valence-corrected chi connectivity index (χ0v) is 10.4. The first-order valence-corrected chi connectivity index (χ1v) is 5.50. The molecule has 5 nitrogen and oxygen atoms in total. The lowest BCUT2D eigenvalue weighted by atomic mass is 10.2. The van der Waals surface area contributed by atoms with Crippen LogP contribution in [0.15, 0.2) is 30.3 Å². The molecule has 1 unspecified atom stereocenters. The van der Waals surface area contributed by atoms with Crippen LogP contribution in [-0.4, -0.2) is 24.5 Å². The third-order valence-electron chi connectivity index (χ3n) is 2.04. The van der Waals surface area contributed by atoms with Crippen molar-refractivity contribution in [2.24, 2.45) is 0 Å². The maximum absolute atomic E-state index is 12.5. The van der Waals surface area contributed by atoms with Crippen molar-refractivity contribution in [1.82, 2.24) is 5.32 Å². The molecule has 0 spiro atoms. The summed E-state index contributed by atoms with van der Waals surface area (Å²) < 4.78 is 45.9. The first-order valence-electron chi connectivity index (χ1n) is 5.50. The number of benzene rings is 1. The summed E-state index contributed by atoms with van der Waals surface area (Å²) in [6.45, 7) is 0.604. The van der Waals surface area contributed by atoms with Gasteiger partial charge in [-0.25, -0.2) is 4.79 Å². The van der Waals surface area contributed by atoms with Gasteiger partial charge in [0.05, 0.1) is 0 Å². The number of amides is 1. The van der Waals surface area contributed by atoms with Gasteiger partial charge < -0.3 is 9.47 Å². The van der Waals surface area contributed by atoms with Gasteiger partial charge in [0, 0.05) is 6.92 Å². The van der Waals surface area contributed by atoms with Crippen LogP contribution in [0.2, 0.25) is 0 Å². The molecule has 1 rings (SSSR count). The second-order valence-electron chi connectivity index (χ2n) is 3.74. The fourth-order valence-corrected chi connectivity index (χ4v) is 1.22. The monoisotopic (exact) mass is 291 g/mol. The Morgan fingerprint density at radius 2 is 1.85 bits per heavy atom. The molecule has 0 heterocycles. The Morgan fingerprint density at radius 3 is 2.35 bits per heavy atom. The highest BCUT2D eigenvalue weighted by Crippen LogP contribution is 2.21. The minimum atomic E-state index is -4.92. The molecular formula is C12H12F3NO4. The average molecular weight is 291 g/mol. The van der Waals surface area contributed by atoms with Gasteiger partial charge in [-0.05, 0) is 5.56 Å². The largest absolute Gasteiger partial charge is 0.445 e. The predicted octanol–water partition coefficient (Wildman–Crippen LogP) is 2.36. The molecule has 0 radical (unpaired) electrons. The molecular weight excluding hydrogens is 279 g/mol. The van der Waals surface area contributed by atoms with Crippen LogP contribution in [0.4, 0.5) is 18.0 Å². The van der Waals surface area contributed by atoms with Crippen LogP contribution in [0.5, 0.6) is 0 Å². The van der Waals surface area contributed by atoms with Crippen molar-refractivity contribution in [3.63, 3.8) is 0 Å². The van der Waals surface area contributed by atoms with Gasteiger partial charge in [0.1, 0.15) is 6.61 Å². The predicted molar refractivity (Wildman–Crippen MR) is 61.4 cm³/mol. The first kappa shape index (κ1) is 15.8. The van der Waals surface area contributed by atoms with E-state index in [1.807, 2.05) is 0 Å². The smallest absolute Gasteiger partial charge is 0.445 e. The van der Waals surface area contributed by atoms with Gasteiger partial charge in [-0.2, -0.15) is 13.2 Å². The van der Waals surface area contributed by atoms with Crippen LogP contribution < -0.4 is 5.32 Å². The molecule has 0 fully saturated rings. The Balaban J connectivity index is 2.52. The summed E-state index contributed by atoms with van der Waals surface area (Å²) in [5.74, 6) is -1.17. The SMILES string of the molecule is CC(=O)OC(NC(=O)OCc1ccccc1)C(F)(F)F. The van der Waals surface area contributed by atoms with Crippen LogP contribution >= 0.6 is 0 Å². The van der Waals surface area contributed by atoms with E-state index in [0.717, 1.165) is 6.92 Å². The molecule has 20 heavy (non-hydrogen) atoms. The maximum atomic E-state index is 12.5. The third-order valence-corrected chi connectivity index (χ3v) is 2.04. The van der Waals surface area contributed by atoms with Crippen LogP contribution in [0.25, 0.3) is 0 Å². The number of alkyl carbamates (subject to hydrolysis) is 1. The van der Waals surface area contributed by atoms with Crippen molar-refractivity contribution < 1.29 is 32.2 Å². The second-order valence-corrected chi connectivity index (χ2v) is 3.74. The summed E-state index contributed by atoms with van der Waals surface area (Å²) in [6, 6.07) is 8.40. The molecule has 1 amide bonds. The average Bonchev–Trinajstić information content (AvgIpc) is 2.35. The Morgan fingerprint density at radius 1 is 1.25 bits per heavy atom. The molecule has 0 aromatic heterocycles. The molecule has 0 aliphatic rings. The van der Waals surface area contributed by atoms with Gasteiger partial charge in [-0.1, -0.05) is 30.3 Å². The molecule has 0 aliphatic heterocycles. The van der Waals surface area contributed by atoms with Crippen molar-refractivity contribution in [3.05, 3.63) is 35.9 Å². The number of ether oxygens (including phenoxy) is 2. The van der Waals surface area contributed by atoms with Gasteiger partial charge >= 0.3 is 18.2 Å². The van der Waals surface area contributed by atoms with E-state index in [-0.39, 0.29) is 6.61 Å². The minimum absolute atomic E-state index is 0.197. The van der Waals surface area contributed by atoms with Crippen molar-refractivity contribution in [2.45, 2.75) is 25.9 Å². The molecule has 1 N–H and O–H groups in total. The highest BCUT2D eigenvalue weighted by molar-refractivity contribution is 5.69. The Labute approximate surface area is 112 Å². The quantitative estimate of drug-likeness (QED) is 0.683. The Hall–Kier alpha value is -2.25. The van der Waals surface area contributed by atoms with Crippen molar-refractivity contribution >= 4 is 12.1 Å². The maximum Gasteiger partial charge on any atom is 0.445 e. The number of nitrogens with one attached hydrogen (secondary N) is 1. The standard InChI is InChI=1S/C12H12F3NO4/c1-8(17)20-10(12(13,14)15)16-11(18)19-7-9-5-3-2-4-6-9/h2-6,10H,7H2,1H3,(H,16,18). The number of carbonyl (C=O) groups is 2. The van der Waals surface area contributed by atoms with E-state index in [9.17, 15) is 22.8 Å². The summed E-state index contributed by atoms with van der Waals surface area (Å²) >= 11 is 0. The normalized spacial score (nSPS) is 12.4. The summed E-state index contributed by atoms with van der Waals surface area (Å²) in [5, 5.41) is 1.43. The van der Waals surface area contributed by atoms with Crippen LogP contribution in [0.1, 0.15) is 12.5 Å². The van der Waals surface area contributed by atoms with Gasteiger partial charge in [0.15, 0.2) is 0 Å². The Kier molecular flexibility index (Phi) is 5.36. The fourth-order valence-electron chi connectivity index (χ4n) is 1.22. The molecule has 0 saturated heterocycles. The summed E-state index contributed by atoms with van der Waals surface area (Å²) in [6.07, 6.45) is -8.99. The summed E-state index contributed by atoms with van der Waals surface area (Å²) in [5.41, 5.74) is 0.610. The van der Waals surface area contributed by atoms with E-state index in [1.165, 1.54) is 5.32 Å². The number of esters is 1. The number of alkyl halides is 3. The minimum Gasteiger partial charge on any atom is -0.445 e. The second kappa shape index (κ2) is 6.78. The molecule has 1 atom stereocenters. The third kappa shape index (κ3) is 5.59. The van der Waals surface area contributed by atoms with E-state index in [1.54, 1.807) is 30.3 Å². The number of carbonyl (C=O) groups excluding carboxylic acids is 2. The first-order chi connectivity index (χ1) is 9.29. The van der Waals surface area contributed by atoms with Crippen LogP contribution in [-0.2, 0) is 20.9 Å². The molecule has 8 heteroatoms. The number of rotatable bonds is 4. The van der Waals surface area contributed by atoms with Gasteiger partial charge in [0.25, 0.3) is 6.23 Å². The van der Waals surface area contributed by atoms with Gasteiger partial charge in [0.2, 0.25) is 0 Å². The topological polar surface area (TPSA) is 64.6 Å². The summed E-state index contributed by atoms with van der Waals surface area (Å²) in [4.78, 5) is 21.8. The van der Waals surface area contributed by atoms with E-state index in [4.69, 9.17) is 0 Å². The number of hydrogen-bond donors (Lipinski definition) is 1. The highest BCUT2D eigenvalue weighted by atomic mass is 19.4. The van der Waals surface area contributed by atoms with E-state index in [0.29, 0.717) is 5.56 Å². The molecule has 1 aromatic rings. The Bertz CT molecular complexity index is 462. The molecule has 1 aromatic carbocycles. The lowest BCUT2D eigenvalue weighted by Crippen LogP contribution is -2.48. The zero-order chi connectivity index (χ0) is 15.2. The highest BCUT2D eigenvalue weighted by Gasteiger charge is 2.44. The van der Waals surface area contributed by atoms with Gasteiger partial charge in [-0.3, -0.25) is 10.1 Å². The molecule has 110 valence electrons. The summed E-state index contributed by atoms with van der Waals surface area (Å²) in [7, 11) is 0. The molecule has 0 bridgehead atoms. The lowest BCUT2D eigenvalue weighted by molar-refractivity contribution is -0.225. The number of hydrogen-bond acceptors (Lipinski definition) is 4. The van der Waals surface area contributed by atoms with Gasteiger partial charge in [-0.15, -0.1) is 0 Å². The van der Waals surface area contributed by atoms with Crippen molar-refractivity contribution in [3.8, 4) is 0 Å². The van der Waals surface area contributed by atoms with Crippen LogP contribution in [0, 0.1) is 0 Å². The van der Waals surface area contributed by atoms with E-state index >= 15 is 0 Å². The fraction of sp³-hybridized carbons (Fsp3) is 0.333. The van der Waals surface area contributed by atoms with E-state index in [2.05, 4.69) is 9.47 Å². The number of halogens is 3. The van der Waals surface area contributed by atoms with Crippen LogP contribution in [0.3, 0.4) is 0 Å². The molecule has 0 aliphatic carbocycles.